The number of hydrogen-bond acceptors (Lipinski definition) is 2. The number of aryl methyl sites for hydroxylation is 1. The highest BCUT2D eigenvalue weighted by atomic mass is 19.1. The van der Waals surface area contributed by atoms with E-state index >= 15 is 0 Å². The van der Waals surface area contributed by atoms with Crippen LogP contribution in [0, 0.1) is 12.7 Å². The van der Waals surface area contributed by atoms with Crippen LogP contribution in [0.4, 0.5) is 4.39 Å². The third kappa shape index (κ3) is 6.48. The predicted molar refractivity (Wildman–Crippen MR) is 109 cm³/mol. The molecule has 0 unspecified atom stereocenters. The monoisotopic (exact) mass is 384 g/mol. The first-order valence-electron chi connectivity index (χ1n) is 9.46. The van der Waals surface area contributed by atoms with Crippen LogP contribution < -0.4 is 5.32 Å². The molecule has 2 amide bonds. The summed E-state index contributed by atoms with van der Waals surface area (Å²) in [5.74, 6) is -0.698. The molecule has 0 aliphatic carbocycles. The molecule has 0 fully saturated rings. The van der Waals surface area contributed by atoms with E-state index in [0.717, 1.165) is 16.7 Å². The van der Waals surface area contributed by atoms with E-state index in [1.54, 1.807) is 24.0 Å². The number of amides is 2. The molecule has 2 aromatic carbocycles. The summed E-state index contributed by atoms with van der Waals surface area (Å²) in [6.45, 7) is 9.65. The Morgan fingerprint density at radius 3 is 2.07 bits per heavy atom. The Labute approximate surface area is 166 Å². The minimum atomic E-state index is -0.651. The SMILES string of the molecule is Cc1ccc(CC(=O)N(Cc2ccc(F)cc2)[C@@H](C)C(=O)NC(C)(C)C)cc1. The first kappa shape index (κ1) is 21.6. The molecule has 28 heavy (non-hydrogen) atoms. The van der Waals surface area contributed by atoms with E-state index in [1.165, 1.54) is 12.1 Å². The summed E-state index contributed by atoms with van der Waals surface area (Å²) in [5.41, 5.74) is 2.39. The second kappa shape index (κ2) is 9.00. The van der Waals surface area contributed by atoms with Gasteiger partial charge in [-0.3, -0.25) is 9.59 Å². The number of hydrogen-bond donors (Lipinski definition) is 1. The maximum absolute atomic E-state index is 13.2. The lowest BCUT2D eigenvalue weighted by Gasteiger charge is -2.31. The van der Waals surface area contributed by atoms with Crippen molar-refractivity contribution in [2.45, 2.75) is 59.2 Å². The van der Waals surface area contributed by atoms with Crippen LogP contribution in [0.5, 0.6) is 0 Å². The molecule has 2 aromatic rings. The van der Waals surface area contributed by atoms with Gasteiger partial charge in [0.25, 0.3) is 0 Å². The van der Waals surface area contributed by atoms with E-state index in [-0.39, 0.29) is 30.6 Å². The fourth-order valence-corrected chi connectivity index (χ4v) is 2.83. The highest BCUT2D eigenvalue weighted by Gasteiger charge is 2.28. The summed E-state index contributed by atoms with van der Waals surface area (Å²) < 4.78 is 13.2. The van der Waals surface area contributed by atoms with Gasteiger partial charge in [0.15, 0.2) is 0 Å². The molecule has 4 nitrogen and oxygen atoms in total. The normalized spacial score (nSPS) is 12.4. The zero-order valence-corrected chi connectivity index (χ0v) is 17.3. The second-order valence-corrected chi connectivity index (χ2v) is 8.23. The number of halogens is 1. The van der Waals surface area contributed by atoms with Crippen LogP contribution in [0.3, 0.4) is 0 Å². The van der Waals surface area contributed by atoms with Crippen LogP contribution in [0.2, 0.25) is 0 Å². The van der Waals surface area contributed by atoms with Crippen LogP contribution in [-0.2, 0) is 22.6 Å². The lowest BCUT2D eigenvalue weighted by atomic mass is 10.1. The number of carbonyl (C=O) groups is 2. The molecule has 5 heteroatoms. The van der Waals surface area contributed by atoms with Gasteiger partial charge in [0.05, 0.1) is 6.42 Å². The minimum absolute atomic E-state index is 0.148. The molecule has 0 saturated carbocycles. The lowest BCUT2D eigenvalue weighted by molar-refractivity contribution is -0.140. The molecule has 0 bridgehead atoms. The topological polar surface area (TPSA) is 49.4 Å². The lowest BCUT2D eigenvalue weighted by Crippen LogP contribution is -2.52. The third-order valence-electron chi connectivity index (χ3n) is 4.41. The van der Waals surface area contributed by atoms with Gasteiger partial charge in [-0.25, -0.2) is 4.39 Å². The first-order valence-corrected chi connectivity index (χ1v) is 9.46. The molecule has 2 rings (SSSR count). The summed E-state index contributed by atoms with van der Waals surface area (Å²) in [6, 6.07) is 13.1. The van der Waals surface area contributed by atoms with E-state index in [1.807, 2.05) is 52.0 Å². The minimum Gasteiger partial charge on any atom is -0.350 e. The van der Waals surface area contributed by atoms with E-state index in [2.05, 4.69) is 5.32 Å². The molecule has 150 valence electrons. The fraction of sp³-hybridized carbons (Fsp3) is 0.391. The van der Waals surface area contributed by atoms with Gasteiger partial charge >= 0.3 is 0 Å². The number of rotatable bonds is 6. The standard InChI is InChI=1S/C23H29FN2O2/c1-16-6-8-18(9-7-16)14-21(27)26(15-19-10-12-20(24)13-11-19)17(2)22(28)25-23(3,4)5/h6-13,17H,14-15H2,1-5H3,(H,25,28)/t17-/m0/s1. The Morgan fingerprint density at radius 2 is 1.54 bits per heavy atom. The average molecular weight is 384 g/mol. The van der Waals surface area contributed by atoms with Crippen molar-refractivity contribution in [3.63, 3.8) is 0 Å². The quantitative estimate of drug-likeness (QED) is 0.818. The summed E-state index contributed by atoms with van der Waals surface area (Å²) in [5, 5.41) is 2.93. The third-order valence-corrected chi connectivity index (χ3v) is 4.41. The molecule has 1 N–H and O–H groups in total. The van der Waals surface area contributed by atoms with Crippen molar-refractivity contribution in [2.24, 2.45) is 0 Å². The van der Waals surface area contributed by atoms with Crippen LogP contribution >= 0.6 is 0 Å². The van der Waals surface area contributed by atoms with Gasteiger partial charge < -0.3 is 10.2 Å². The van der Waals surface area contributed by atoms with Crippen molar-refractivity contribution < 1.29 is 14.0 Å². The Kier molecular flexibility index (Phi) is 6.95. The van der Waals surface area contributed by atoms with Gasteiger partial charge in [-0.15, -0.1) is 0 Å². The Bertz CT molecular complexity index is 808. The van der Waals surface area contributed by atoms with E-state index in [4.69, 9.17) is 0 Å². The molecule has 1 atom stereocenters. The molecule has 0 aliphatic rings. The molecule has 0 saturated heterocycles. The summed E-state index contributed by atoms with van der Waals surface area (Å²) in [7, 11) is 0. The van der Waals surface area contributed by atoms with Gasteiger partial charge in [0.1, 0.15) is 11.9 Å². The number of nitrogens with one attached hydrogen (secondary N) is 1. The fourth-order valence-electron chi connectivity index (χ4n) is 2.83. The summed E-state index contributed by atoms with van der Waals surface area (Å²) in [6.07, 6.45) is 0.203. The Balaban J connectivity index is 2.23. The maximum atomic E-state index is 13.2. The summed E-state index contributed by atoms with van der Waals surface area (Å²) in [4.78, 5) is 27.3. The average Bonchev–Trinajstić information content (AvgIpc) is 2.61. The molecule has 0 radical (unpaired) electrons. The molecule has 0 spiro atoms. The highest BCUT2D eigenvalue weighted by Crippen LogP contribution is 2.14. The summed E-state index contributed by atoms with van der Waals surface area (Å²) >= 11 is 0. The van der Waals surface area contributed by atoms with Crippen LogP contribution in [0.15, 0.2) is 48.5 Å². The predicted octanol–water partition coefficient (Wildman–Crippen LogP) is 4.01. The van der Waals surface area contributed by atoms with Gasteiger partial charge in [-0.1, -0.05) is 42.0 Å². The smallest absolute Gasteiger partial charge is 0.242 e. The van der Waals surface area contributed by atoms with Crippen molar-refractivity contribution in [3.05, 3.63) is 71.0 Å². The van der Waals surface area contributed by atoms with Crippen molar-refractivity contribution in [2.75, 3.05) is 0 Å². The van der Waals surface area contributed by atoms with Crippen LogP contribution in [0.1, 0.15) is 44.4 Å². The van der Waals surface area contributed by atoms with Gasteiger partial charge in [0.2, 0.25) is 11.8 Å². The number of carbonyl (C=O) groups excluding carboxylic acids is 2. The van der Waals surface area contributed by atoms with Crippen LogP contribution in [-0.4, -0.2) is 28.3 Å². The molecular formula is C23H29FN2O2. The second-order valence-electron chi connectivity index (χ2n) is 8.23. The Hall–Kier alpha value is -2.69. The van der Waals surface area contributed by atoms with E-state index in [0.29, 0.717) is 0 Å². The zero-order chi connectivity index (χ0) is 20.9. The van der Waals surface area contributed by atoms with Gasteiger partial charge in [0, 0.05) is 12.1 Å². The van der Waals surface area contributed by atoms with Crippen molar-refractivity contribution in [1.29, 1.82) is 0 Å². The zero-order valence-electron chi connectivity index (χ0n) is 17.3. The van der Waals surface area contributed by atoms with Crippen molar-refractivity contribution in [1.82, 2.24) is 10.2 Å². The molecule has 0 heterocycles. The Morgan fingerprint density at radius 1 is 1.00 bits per heavy atom. The van der Waals surface area contributed by atoms with Crippen molar-refractivity contribution in [3.8, 4) is 0 Å². The van der Waals surface area contributed by atoms with E-state index in [9.17, 15) is 14.0 Å². The molecular weight excluding hydrogens is 355 g/mol. The highest BCUT2D eigenvalue weighted by molar-refractivity contribution is 5.88. The molecule has 0 aromatic heterocycles. The number of nitrogens with zero attached hydrogens (tertiary/aromatic N) is 1. The number of benzene rings is 2. The van der Waals surface area contributed by atoms with Crippen LogP contribution in [0.25, 0.3) is 0 Å². The molecule has 0 aliphatic heterocycles. The largest absolute Gasteiger partial charge is 0.350 e. The van der Waals surface area contributed by atoms with Crippen molar-refractivity contribution >= 4 is 11.8 Å². The maximum Gasteiger partial charge on any atom is 0.242 e. The van der Waals surface area contributed by atoms with Gasteiger partial charge in [-0.05, 0) is 57.9 Å². The first-order chi connectivity index (χ1) is 13.0. The van der Waals surface area contributed by atoms with E-state index < -0.39 is 11.6 Å². The van der Waals surface area contributed by atoms with Gasteiger partial charge in [-0.2, -0.15) is 0 Å².